The molecule has 0 aliphatic heterocycles. The van der Waals surface area contributed by atoms with E-state index in [2.05, 4.69) is 52.4 Å². The minimum atomic E-state index is 0.685. The third-order valence-electron chi connectivity index (χ3n) is 4.16. The first kappa shape index (κ1) is 15.3. The summed E-state index contributed by atoms with van der Waals surface area (Å²) in [5.41, 5.74) is 1.21. The van der Waals surface area contributed by atoms with Gasteiger partial charge in [-0.05, 0) is 57.5 Å². The highest BCUT2D eigenvalue weighted by Crippen LogP contribution is 2.26. The first-order chi connectivity index (χ1) is 9.10. The molecule has 2 rings (SSSR count). The predicted molar refractivity (Wildman–Crippen MR) is 85.7 cm³/mol. The lowest BCUT2D eigenvalue weighted by Crippen LogP contribution is -2.39. The Hall–Kier alpha value is -0.0900. The van der Waals surface area contributed by atoms with Crippen LogP contribution in [0.1, 0.15) is 31.2 Å². The number of benzene rings is 1. The lowest BCUT2D eigenvalue weighted by Gasteiger charge is -2.34. The number of hydrogen-bond acceptors (Lipinski definition) is 2. The first-order valence-electron chi connectivity index (χ1n) is 6.91. The predicted octanol–water partition coefficient (Wildman–Crippen LogP) is 4.06. The largest absolute Gasteiger partial charge is 0.317 e. The lowest BCUT2D eigenvalue weighted by atomic mass is 9.90. The Bertz CT molecular complexity index is 417. The summed E-state index contributed by atoms with van der Waals surface area (Å²) in [6.07, 6.45) is 5.10. The monoisotopic (exact) mass is 344 g/mol. The molecule has 0 atom stereocenters. The highest BCUT2D eigenvalue weighted by atomic mass is 79.9. The van der Waals surface area contributed by atoms with Crippen molar-refractivity contribution in [2.75, 3.05) is 14.1 Å². The molecule has 1 aliphatic rings. The van der Waals surface area contributed by atoms with E-state index in [0.717, 1.165) is 16.0 Å². The summed E-state index contributed by atoms with van der Waals surface area (Å²) in [6.45, 7) is 0.932. The molecule has 0 unspecified atom stereocenters. The summed E-state index contributed by atoms with van der Waals surface area (Å²) < 4.78 is 1.04. The molecule has 0 bridgehead atoms. The molecule has 1 aliphatic carbocycles. The van der Waals surface area contributed by atoms with Crippen LogP contribution in [0.5, 0.6) is 0 Å². The molecule has 1 aromatic rings. The summed E-state index contributed by atoms with van der Waals surface area (Å²) in [5.74, 6) is 0. The van der Waals surface area contributed by atoms with Crippen molar-refractivity contribution < 1.29 is 0 Å². The fraction of sp³-hybridized carbons (Fsp3) is 0.600. The maximum atomic E-state index is 6.29. The molecule has 0 amide bonds. The average Bonchev–Trinajstić information content (AvgIpc) is 2.42. The number of halogens is 2. The Morgan fingerprint density at radius 1 is 1.32 bits per heavy atom. The van der Waals surface area contributed by atoms with E-state index in [-0.39, 0.29) is 0 Å². The minimum Gasteiger partial charge on any atom is -0.317 e. The second-order valence-electron chi connectivity index (χ2n) is 5.44. The van der Waals surface area contributed by atoms with Gasteiger partial charge in [0, 0.05) is 28.1 Å². The summed E-state index contributed by atoms with van der Waals surface area (Å²) in [4.78, 5) is 2.45. The van der Waals surface area contributed by atoms with Crippen LogP contribution in [0.2, 0.25) is 5.02 Å². The Balaban J connectivity index is 1.92. The smallest absolute Gasteiger partial charge is 0.0462 e. The molecule has 0 spiro atoms. The van der Waals surface area contributed by atoms with E-state index in [1.807, 2.05) is 6.07 Å². The van der Waals surface area contributed by atoms with E-state index in [1.54, 1.807) is 0 Å². The van der Waals surface area contributed by atoms with Gasteiger partial charge >= 0.3 is 0 Å². The fourth-order valence-corrected chi connectivity index (χ4v) is 3.59. The van der Waals surface area contributed by atoms with Crippen LogP contribution >= 0.6 is 27.5 Å². The Morgan fingerprint density at radius 3 is 2.58 bits per heavy atom. The van der Waals surface area contributed by atoms with Gasteiger partial charge in [0.2, 0.25) is 0 Å². The second-order valence-corrected chi connectivity index (χ2v) is 6.77. The molecule has 0 saturated heterocycles. The van der Waals surface area contributed by atoms with Gasteiger partial charge in [-0.1, -0.05) is 33.6 Å². The minimum absolute atomic E-state index is 0.685. The third kappa shape index (κ3) is 4.19. The Kier molecular flexibility index (Phi) is 5.70. The Morgan fingerprint density at radius 2 is 2.00 bits per heavy atom. The van der Waals surface area contributed by atoms with E-state index >= 15 is 0 Å². The molecule has 19 heavy (non-hydrogen) atoms. The van der Waals surface area contributed by atoms with E-state index in [9.17, 15) is 0 Å². The number of rotatable bonds is 4. The van der Waals surface area contributed by atoms with Gasteiger partial charge in [-0.2, -0.15) is 0 Å². The van der Waals surface area contributed by atoms with Crippen molar-refractivity contribution in [3.8, 4) is 0 Å². The first-order valence-corrected chi connectivity index (χ1v) is 8.08. The van der Waals surface area contributed by atoms with Crippen LogP contribution < -0.4 is 5.32 Å². The lowest BCUT2D eigenvalue weighted by molar-refractivity contribution is 0.170. The molecule has 106 valence electrons. The van der Waals surface area contributed by atoms with Crippen LogP contribution in [0.4, 0.5) is 0 Å². The van der Waals surface area contributed by atoms with E-state index in [4.69, 9.17) is 11.6 Å². The topological polar surface area (TPSA) is 15.3 Å². The normalized spacial score (nSPS) is 23.8. The van der Waals surface area contributed by atoms with Gasteiger partial charge in [-0.15, -0.1) is 0 Å². The van der Waals surface area contributed by atoms with Crippen LogP contribution in [0.15, 0.2) is 22.7 Å². The molecular weight excluding hydrogens is 324 g/mol. The van der Waals surface area contributed by atoms with Crippen LogP contribution in [0.3, 0.4) is 0 Å². The quantitative estimate of drug-likeness (QED) is 0.885. The summed E-state index contributed by atoms with van der Waals surface area (Å²) in [7, 11) is 4.28. The number of nitrogens with one attached hydrogen (secondary N) is 1. The third-order valence-corrected chi connectivity index (χ3v) is 5.01. The molecular formula is C15H22BrClN2. The maximum absolute atomic E-state index is 6.29. The zero-order valence-corrected chi connectivity index (χ0v) is 14.0. The van der Waals surface area contributed by atoms with Gasteiger partial charge in [0.1, 0.15) is 0 Å². The highest BCUT2D eigenvalue weighted by Gasteiger charge is 2.23. The molecule has 2 nitrogen and oxygen atoms in total. The fourth-order valence-electron chi connectivity index (χ4n) is 2.85. The van der Waals surface area contributed by atoms with Gasteiger partial charge in [0.15, 0.2) is 0 Å². The van der Waals surface area contributed by atoms with Crippen LogP contribution in [0.25, 0.3) is 0 Å². The molecule has 0 radical (unpaired) electrons. The van der Waals surface area contributed by atoms with Crippen molar-refractivity contribution in [2.45, 2.75) is 44.3 Å². The SMILES string of the molecule is CNC1CCC(N(C)Cc2ccc(Br)cc2Cl)CC1. The molecule has 0 aromatic heterocycles. The zero-order chi connectivity index (χ0) is 13.8. The van der Waals surface area contributed by atoms with Crippen LogP contribution in [-0.2, 0) is 6.54 Å². The van der Waals surface area contributed by atoms with E-state index in [0.29, 0.717) is 12.1 Å². The van der Waals surface area contributed by atoms with Crippen molar-refractivity contribution >= 4 is 27.5 Å². The van der Waals surface area contributed by atoms with Gasteiger partial charge < -0.3 is 5.32 Å². The van der Waals surface area contributed by atoms with Crippen molar-refractivity contribution in [1.82, 2.24) is 10.2 Å². The standard InChI is InChI=1S/C15H22BrClN2/c1-18-13-5-7-14(8-6-13)19(2)10-11-3-4-12(16)9-15(11)17/h3-4,9,13-14,18H,5-8,10H2,1-2H3. The summed E-state index contributed by atoms with van der Waals surface area (Å²) >= 11 is 9.74. The summed E-state index contributed by atoms with van der Waals surface area (Å²) in [6, 6.07) is 7.54. The molecule has 1 N–H and O–H groups in total. The van der Waals surface area contributed by atoms with Crippen molar-refractivity contribution in [3.63, 3.8) is 0 Å². The van der Waals surface area contributed by atoms with Crippen LogP contribution in [-0.4, -0.2) is 31.1 Å². The number of nitrogens with zero attached hydrogens (tertiary/aromatic N) is 1. The van der Waals surface area contributed by atoms with Gasteiger partial charge in [0.25, 0.3) is 0 Å². The summed E-state index contributed by atoms with van der Waals surface area (Å²) in [5, 5.41) is 4.24. The van der Waals surface area contributed by atoms with Gasteiger partial charge in [-0.25, -0.2) is 0 Å². The second kappa shape index (κ2) is 7.07. The Labute approximate surface area is 129 Å². The molecule has 4 heteroatoms. The van der Waals surface area contributed by atoms with Crippen molar-refractivity contribution in [2.24, 2.45) is 0 Å². The van der Waals surface area contributed by atoms with Crippen LogP contribution in [0, 0.1) is 0 Å². The van der Waals surface area contributed by atoms with Crippen molar-refractivity contribution in [3.05, 3.63) is 33.3 Å². The molecule has 1 aromatic carbocycles. The maximum Gasteiger partial charge on any atom is 0.0462 e. The molecule has 0 heterocycles. The average molecular weight is 346 g/mol. The molecule has 1 saturated carbocycles. The van der Waals surface area contributed by atoms with Gasteiger partial charge in [-0.3, -0.25) is 4.90 Å². The number of hydrogen-bond donors (Lipinski definition) is 1. The van der Waals surface area contributed by atoms with Crippen molar-refractivity contribution in [1.29, 1.82) is 0 Å². The zero-order valence-electron chi connectivity index (χ0n) is 11.6. The van der Waals surface area contributed by atoms with Gasteiger partial charge in [0.05, 0.1) is 0 Å². The molecule has 1 fully saturated rings. The van der Waals surface area contributed by atoms with E-state index in [1.165, 1.54) is 31.2 Å². The highest BCUT2D eigenvalue weighted by molar-refractivity contribution is 9.10. The van der Waals surface area contributed by atoms with E-state index < -0.39 is 0 Å².